The molecule has 3 aliphatic heterocycles. The van der Waals surface area contributed by atoms with Gasteiger partial charge in [-0.3, -0.25) is 44.1 Å². The first-order chi connectivity index (χ1) is 27.7. The number of carbonyl (C=O) groups excluding carboxylic acids is 7. The average Bonchev–Trinajstić information content (AvgIpc) is 3.81. The molecule has 1 aromatic heterocycles. The van der Waals surface area contributed by atoms with Gasteiger partial charge in [0.05, 0.1) is 34.9 Å². The van der Waals surface area contributed by atoms with Crippen molar-refractivity contribution in [1.82, 2.24) is 35.5 Å². The van der Waals surface area contributed by atoms with E-state index in [1.807, 2.05) is 63.2 Å². The SMILES string of the molecule is CN(C)C[C@@H](NC(=O)N1Cc2c(NC(=O)c3ccc(C(=O)CCCNc4cccc5c4C(=O)N(C4CCC(=O)NC4=O)C5=O)cc3)n[nH]c2C1(C)C)c1ccccc1.S. The number of urea groups is 1. The molecule has 0 radical (unpaired) electrons. The number of likely N-dealkylation sites (N-methyl/N-ethyl adjacent to an activating group) is 1. The van der Waals surface area contributed by atoms with Gasteiger partial charge in [-0.15, -0.1) is 0 Å². The second-order valence-electron chi connectivity index (χ2n) is 15.4. The lowest BCUT2D eigenvalue weighted by molar-refractivity contribution is -0.136. The Morgan fingerprint density at radius 2 is 1.64 bits per heavy atom. The Hall–Kier alpha value is -6.33. The average molecular weight is 822 g/mol. The number of nitrogens with one attached hydrogen (secondary N) is 5. The highest BCUT2D eigenvalue weighted by Crippen LogP contribution is 2.41. The lowest BCUT2D eigenvalue weighted by atomic mass is 10.0. The van der Waals surface area contributed by atoms with E-state index in [0.29, 0.717) is 47.7 Å². The first-order valence-electron chi connectivity index (χ1n) is 19.1. The van der Waals surface area contributed by atoms with Gasteiger partial charge in [-0.2, -0.15) is 18.6 Å². The van der Waals surface area contributed by atoms with Gasteiger partial charge in [-0.05, 0) is 70.6 Å². The first kappa shape index (κ1) is 42.3. The number of hydrogen-bond acceptors (Lipinski definition) is 10. The number of nitrogens with zero attached hydrogens (tertiary/aromatic N) is 4. The molecule has 4 aromatic rings. The highest BCUT2D eigenvalue weighted by atomic mass is 32.1. The minimum absolute atomic E-state index is 0. The van der Waals surface area contributed by atoms with Gasteiger partial charge in [-0.1, -0.05) is 48.5 Å². The van der Waals surface area contributed by atoms with Crippen molar-refractivity contribution in [2.24, 2.45) is 0 Å². The van der Waals surface area contributed by atoms with E-state index in [2.05, 4.69) is 31.5 Å². The van der Waals surface area contributed by atoms with Crippen LogP contribution in [0.1, 0.15) is 104 Å². The van der Waals surface area contributed by atoms with Crippen LogP contribution >= 0.6 is 13.5 Å². The molecule has 0 spiro atoms. The number of Topliss-reactive ketones (excluding diaryl/α,β-unsaturated/α-hetero) is 1. The van der Waals surface area contributed by atoms with E-state index < -0.39 is 41.1 Å². The second-order valence-corrected chi connectivity index (χ2v) is 15.4. The van der Waals surface area contributed by atoms with Crippen molar-refractivity contribution in [2.75, 3.05) is 37.8 Å². The minimum atomic E-state index is -1.07. The molecule has 7 amide bonds. The molecule has 3 aliphatic rings. The molecule has 59 heavy (non-hydrogen) atoms. The lowest BCUT2D eigenvalue weighted by Gasteiger charge is -2.34. The van der Waals surface area contributed by atoms with Gasteiger partial charge in [0, 0.05) is 48.3 Å². The number of H-pyrrole nitrogens is 1. The third kappa shape index (κ3) is 8.47. The smallest absolute Gasteiger partial charge is 0.319 e. The van der Waals surface area contributed by atoms with Crippen LogP contribution in [-0.4, -0.2) is 99.5 Å². The maximum atomic E-state index is 13.7. The Labute approximate surface area is 347 Å². The van der Waals surface area contributed by atoms with E-state index in [9.17, 15) is 33.6 Å². The van der Waals surface area contributed by atoms with Crippen molar-refractivity contribution >= 4 is 66.4 Å². The van der Waals surface area contributed by atoms with Crippen molar-refractivity contribution in [2.45, 2.75) is 63.7 Å². The molecule has 2 atom stereocenters. The number of ketones is 1. The van der Waals surface area contributed by atoms with E-state index in [-0.39, 0.29) is 68.3 Å². The molecule has 17 heteroatoms. The van der Waals surface area contributed by atoms with Crippen LogP contribution in [0.2, 0.25) is 0 Å². The predicted molar refractivity (Wildman–Crippen MR) is 223 cm³/mol. The van der Waals surface area contributed by atoms with Crippen LogP contribution in [0.3, 0.4) is 0 Å². The summed E-state index contributed by atoms with van der Waals surface area (Å²) in [4.78, 5) is 95.3. The first-order valence-corrected chi connectivity index (χ1v) is 19.1. The van der Waals surface area contributed by atoms with Gasteiger partial charge in [0.1, 0.15) is 6.04 Å². The van der Waals surface area contributed by atoms with Crippen LogP contribution in [0.4, 0.5) is 16.3 Å². The molecule has 0 aliphatic carbocycles. The molecule has 1 fully saturated rings. The number of rotatable bonds is 13. The number of aromatic nitrogens is 2. The van der Waals surface area contributed by atoms with Crippen LogP contribution in [0.15, 0.2) is 72.8 Å². The summed E-state index contributed by atoms with van der Waals surface area (Å²) in [5, 5.41) is 18.8. The monoisotopic (exact) mass is 821 g/mol. The topological polar surface area (TPSA) is 206 Å². The molecule has 16 nitrogen and oxygen atoms in total. The Bertz CT molecular complexity index is 2310. The van der Waals surface area contributed by atoms with Gasteiger partial charge in [0.2, 0.25) is 11.8 Å². The molecule has 1 unspecified atom stereocenters. The predicted octanol–water partition coefficient (Wildman–Crippen LogP) is 4.31. The molecule has 3 aromatic carbocycles. The summed E-state index contributed by atoms with van der Waals surface area (Å²) in [6.45, 7) is 5.00. The zero-order valence-corrected chi connectivity index (χ0v) is 34.2. The van der Waals surface area contributed by atoms with Crippen molar-refractivity contribution < 1.29 is 33.6 Å². The summed E-state index contributed by atoms with van der Waals surface area (Å²) in [7, 11) is 3.91. The Morgan fingerprint density at radius 1 is 0.932 bits per heavy atom. The van der Waals surface area contributed by atoms with Gasteiger partial charge in [0.15, 0.2) is 11.6 Å². The maximum absolute atomic E-state index is 13.7. The quantitative estimate of drug-likeness (QED) is 0.0734. The molecule has 7 rings (SSSR count). The Kier molecular flexibility index (Phi) is 12.4. The zero-order valence-electron chi connectivity index (χ0n) is 33.2. The van der Waals surface area contributed by atoms with Crippen LogP contribution < -0.4 is 21.3 Å². The third-order valence-corrected chi connectivity index (χ3v) is 10.8. The summed E-state index contributed by atoms with van der Waals surface area (Å²) in [6.07, 6.45) is 0.664. The van der Waals surface area contributed by atoms with Crippen LogP contribution in [0.25, 0.3) is 0 Å². The van der Waals surface area contributed by atoms with E-state index in [1.54, 1.807) is 41.3 Å². The van der Waals surface area contributed by atoms with Crippen molar-refractivity contribution in [3.8, 4) is 0 Å². The fraction of sp³-hybridized carbons (Fsp3) is 0.333. The number of amides is 7. The largest absolute Gasteiger partial charge is 0.384 e. The van der Waals surface area contributed by atoms with Crippen LogP contribution in [0, 0.1) is 0 Å². The summed E-state index contributed by atoms with van der Waals surface area (Å²) in [5.74, 6) is -2.58. The van der Waals surface area contributed by atoms with E-state index in [4.69, 9.17) is 0 Å². The Morgan fingerprint density at radius 3 is 2.34 bits per heavy atom. The van der Waals surface area contributed by atoms with Crippen LogP contribution in [-0.2, 0) is 21.7 Å². The van der Waals surface area contributed by atoms with Crippen LogP contribution in [0.5, 0.6) is 0 Å². The number of piperidine rings is 1. The standard InChI is InChI=1S/C42H45N9O7.H2S/c1-42(2)35-28(22-50(42)41(58)44-30(23-49(3)4)24-10-6-5-7-11-24)36(48-47-35)46-37(54)26-17-15-25(16-18-26)32(52)14-9-21-43-29-13-8-12-27-34(29)40(57)51(39(27)56)31-19-20-33(53)45-38(31)55;/h5-8,10-13,15-18,30-31,43H,9,14,19-23H2,1-4H3,(H,44,58)(H,45,53,55)(H2,46,47,48,54);1H2/t30-,31?;/m1./s1. The number of hydrogen-bond donors (Lipinski definition) is 5. The van der Waals surface area contributed by atoms with E-state index in [0.717, 1.165) is 16.2 Å². The molecular weight excluding hydrogens is 775 g/mol. The molecule has 0 bridgehead atoms. The minimum Gasteiger partial charge on any atom is -0.384 e. The van der Waals surface area contributed by atoms with E-state index in [1.165, 1.54) is 6.07 Å². The number of benzene rings is 3. The zero-order chi connectivity index (χ0) is 41.3. The summed E-state index contributed by atoms with van der Waals surface area (Å²) in [5.41, 5.74) is 3.16. The maximum Gasteiger partial charge on any atom is 0.319 e. The fourth-order valence-corrected chi connectivity index (χ4v) is 7.72. The van der Waals surface area contributed by atoms with Gasteiger partial charge in [-0.25, -0.2) is 4.79 Å². The summed E-state index contributed by atoms with van der Waals surface area (Å²) < 4.78 is 0. The number of fused-ring (bicyclic) bond motifs is 2. The van der Waals surface area contributed by atoms with E-state index >= 15 is 0 Å². The second kappa shape index (κ2) is 17.3. The summed E-state index contributed by atoms with van der Waals surface area (Å²) >= 11 is 0. The fourth-order valence-electron chi connectivity index (χ4n) is 7.72. The normalized spacial score (nSPS) is 17.2. The number of imide groups is 2. The van der Waals surface area contributed by atoms with Crippen molar-refractivity contribution in [3.05, 3.63) is 112 Å². The molecule has 1 saturated heterocycles. The molecule has 0 saturated carbocycles. The molecule has 308 valence electrons. The van der Waals surface area contributed by atoms with Crippen molar-refractivity contribution in [3.63, 3.8) is 0 Å². The Balaban J connectivity index is 0.00000585. The third-order valence-electron chi connectivity index (χ3n) is 10.8. The van der Waals surface area contributed by atoms with Gasteiger partial charge in [0.25, 0.3) is 17.7 Å². The van der Waals surface area contributed by atoms with Crippen molar-refractivity contribution in [1.29, 1.82) is 0 Å². The number of aromatic amines is 1. The lowest BCUT2D eigenvalue weighted by Crippen LogP contribution is -2.54. The highest BCUT2D eigenvalue weighted by molar-refractivity contribution is 7.59. The number of anilines is 2. The number of carbonyl (C=O) groups is 7. The molecular formula is C42H47N9O7S. The molecule has 4 heterocycles. The van der Waals surface area contributed by atoms with Gasteiger partial charge < -0.3 is 25.8 Å². The molecule has 5 N–H and O–H groups in total. The summed E-state index contributed by atoms with van der Waals surface area (Å²) in [6, 6.07) is 19.4. The van der Waals surface area contributed by atoms with Gasteiger partial charge >= 0.3 is 6.03 Å². The highest BCUT2D eigenvalue weighted by Gasteiger charge is 2.46.